The number of hydrogen-bond acceptors (Lipinski definition) is 6. The zero-order valence-corrected chi connectivity index (χ0v) is 13.0. The Labute approximate surface area is 122 Å². The number of rotatable bonds is 2. The summed E-state index contributed by atoms with van der Waals surface area (Å²) in [6.45, 7) is 6.57. The van der Waals surface area contributed by atoms with Gasteiger partial charge in [0, 0.05) is 5.92 Å². The van der Waals surface area contributed by atoms with Crippen LogP contribution in [0.1, 0.15) is 57.0 Å². The molecular weight excluding hydrogens is 272 g/mol. The highest BCUT2D eigenvalue weighted by Crippen LogP contribution is 2.42. The SMILES string of the molecule is Cc1nc(N)sc1-c1nc(C2CCC(C)(C)CC2)no1. The Bertz CT molecular complexity index is 606. The molecule has 1 aliphatic carbocycles. The fourth-order valence-electron chi connectivity index (χ4n) is 2.77. The van der Waals surface area contributed by atoms with Crippen molar-refractivity contribution < 1.29 is 4.52 Å². The molecule has 1 aliphatic rings. The van der Waals surface area contributed by atoms with Gasteiger partial charge in [-0.25, -0.2) is 4.98 Å². The lowest BCUT2D eigenvalue weighted by Gasteiger charge is -2.32. The minimum atomic E-state index is 0.422. The van der Waals surface area contributed by atoms with Gasteiger partial charge in [0.05, 0.1) is 5.69 Å². The molecule has 0 aliphatic heterocycles. The quantitative estimate of drug-likeness (QED) is 0.911. The summed E-state index contributed by atoms with van der Waals surface area (Å²) in [6, 6.07) is 0. The number of nitrogens with zero attached hydrogens (tertiary/aromatic N) is 3. The second-order valence-electron chi connectivity index (χ2n) is 6.36. The Balaban J connectivity index is 1.79. The molecule has 2 N–H and O–H groups in total. The number of aromatic nitrogens is 3. The molecule has 2 aromatic heterocycles. The van der Waals surface area contributed by atoms with Gasteiger partial charge in [0.25, 0.3) is 5.89 Å². The summed E-state index contributed by atoms with van der Waals surface area (Å²) in [5, 5.41) is 4.70. The first kappa shape index (κ1) is 13.5. The number of nitrogen functional groups attached to an aromatic ring is 1. The van der Waals surface area contributed by atoms with E-state index in [4.69, 9.17) is 10.3 Å². The summed E-state index contributed by atoms with van der Waals surface area (Å²) in [4.78, 5) is 9.65. The van der Waals surface area contributed by atoms with E-state index in [0.717, 1.165) is 29.2 Å². The minimum absolute atomic E-state index is 0.422. The summed E-state index contributed by atoms with van der Waals surface area (Å²) in [5.41, 5.74) is 7.02. The van der Waals surface area contributed by atoms with E-state index >= 15 is 0 Å². The first-order valence-corrected chi connectivity index (χ1v) is 7.83. The number of aryl methyl sites for hydroxylation is 1. The van der Waals surface area contributed by atoms with Gasteiger partial charge < -0.3 is 10.3 Å². The number of nitrogens with two attached hydrogens (primary N) is 1. The van der Waals surface area contributed by atoms with E-state index in [2.05, 4.69) is 29.0 Å². The van der Waals surface area contributed by atoms with Crippen LogP contribution in [0.4, 0.5) is 5.13 Å². The molecule has 108 valence electrons. The third kappa shape index (κ3) is 2.57. The van der Waals surface area contributed by atoms with Crippen molar-refractivity contribution >= 4 is 16.5 Å². The van der Waals surface area contributed by atoms with Crippen LogP contribution in [0, 0.1) is 12.3 Å². The Hall–Kier alpha value is -1.43. The molecule has 3 rings (SSSR count). The van der Waals surface area contributed by atoms with Gasteiger partial charge in [0.15, 0.2) is 11.0 Å². The van der Waals surface area contributed by atoms with Crippen LogP contribution in [0.15, 0.2) is 4.52 Å². The Morgan fingerprint density at radius 1 is 1.25 bits per heavy atom. The van der Waals surface area contributed by atoms with Crippen LogP contribution in [0.3, 0.4) is 0 Å². The van der Waals surface area contributed by atoms with Gasteiger partial charge in [-0.2, -0.15) is 4.98 Å². The van der Waals surface area contributed by atoms with Crippen molar-refractivity contribution in [1.82, 2.24) is 15.1 Å². The maximum atomic E-state index is 5.71. The first-order chi connectivity index (χ1) is 9.44. The normalized spacial score (nSPS) is 19.4. The second kappa shape index (κ2) is 4.84. The van der Waals surface area contributed by atoms with E-state index in [-0.39, 0.29) is 0 Å². The molecule has 1 fully saturated rings. The van der Waals surface area contributed by atoms with Gasteiger partial charge >= 0.3 is 0 Å². The highest BCUT2D eigenvalue weighted by molar-refractivity contribution is 7.18. The van der Waals surface area contributed by atoms with Crippen LogP contribution in [0.2, 0.25) is 0 Å². The maximum Gasteiger partial charge on any atom is 0.270 e. The highest BCUT2D eigenvalue weighted by atomic mass is 32.1. The molecule has 1 saturated carbocycles. The van der Waals surface area contributed by atoms with Crippen molar-refractivity contribution in [3.63, 3.8) is 0 Å². The highest BCUT2D eigenvalue weighted by Gasteiger charge is 2.30. The van der Waals surface area contributed by atoms with E-state index in [1.54, 1.807) is 0 Å². The van der Waals surface area contributed by atoms with Crippen LogP contribution in [0.5, 0.6) is 0 Å². The molecule has 20 heavy (non-hydrogen) atoms. The molecule has 2 heterocycles. The van der Waals surface area contributed by atoms with Crippen LogP contribution < -0.4 is 5.73 Å². The van der Waals surface area contributed by atoms with Gasteiger partial charge in [0.1, 0.15) is 4.88 Å². The first-order valence-electron chi connectivity index (χ1n) is 7.01. The molecule has 0 aromatic carbocycles. The van der Waals surface area contributed by atoms with E-state index in [1.807, 2.05) is 6.92 Å². The Kier molecular flexibility index (Phi) is 3.28. The summed E-state index contributed by atoms with van der Waals surface area (Å²) in [5.74, 6) is 1.81. The minimum Gasteiger partial charge on any atom is -0.375 e. The van der Waals surface area contributed by atoms with Crippen LogP contribution in [-0.4, -0.2) is 15.1 Å². The number of thiazole rings is 1. The van der Waals surface area contributed by atoms with Crippen molar-refractivity contribution in [3.8, 4) is 10.8 Å². The average molecular weight is 292 g/mol. The van der Waals surface area contributed by atoms with Gasteiger partial charge in [-0.15, -0.1) is 0 Å². The average Bonchev–Trinajstić information content (AvgIpc) is 2.96. The molecular formula is C14H20N4OS. The third-order valence-corrected chi connectivity index (χ3v) is 5.13. The molecule has 0 amide bonds. The van der Waals surface area contributed by atoms with Crippen molar-refractivity contribution in [1.29, 1.82) is 0 Å². The van der Waals surface area contributed by atoms with Crippen LogP contribution in [-0.2, 0) is 0 Å². The fraction of sp³-hybridized carbons (Fsp3) is 0.643. The lowest BCUT2D eigenvalue weighted by molar-refractivity contribution is 0.218. The smallest absolute Gasteiger partial charge is 0.270 e. The van der Waals surface area contributed by atoms with E-state index in [1.165, 1.54) is 24.2 Å². The second-order valence-corrected chi connectivity index (χ2v) is 7.39. The molecule has 2 aromatic rings. The van der Waals surface area contributed by atoms with Crippen molar-refractivity contribution in [3.05, 3.63) is 11.5 Å². The zero-order valence-electron chi connectivity index (χ0n) is 12.1. The fourth-order valence-corrected chi connectivity index (χ4v) is 3.52. The van der Waals surface area contributed by atoms with Gasteiger partial charge in [0.2, 0.25) is 0 Å². The summed E-state index contributed by atoms with van der Waals surface area (Å²) < 4.78 is 5.40. The monoisotopic (exact) mass is 292 g/mol. The van der Waals surface area contributed by atoms with Crippen molar-refractivity contribution in [2.75, 3.05) is 5.73 Å². The predicted octanol–water partition coefficient (Wildman–Crippen LogP) is 3.77. The number of anilines is 1. The van der Waals surface area contributed by atoms with E-state index in [0.29, 0.717) is 22.4 Å². The molecule has 5 nitrogen and oxygen atoms in total. The topological polar surface area (TPSA) is 77.8 Å². The predicted molar refractivity (Wildman–Crippen MR) is 79.5 cm³/mol. The van der Waals surface area contributed by atoms with Crippen LogP contribution >= 0.6 is 11.3 Å². The molecule has 0 atom stereocenters. The summed E-state index contributed by atoms with van der Waals surface area (Å²) >= 11 is 1.40. The van der Waals surface area contributed by atoms with Crippen molar-refractivity contribution in [2.24, 2.45) is 5.41 Å². The zero-order chi connectivity index (χ0) is 14.3. The van der Waals surface area contributed by atoms with Crippen LogP contribution in [0.25, 0.3) is 10.8 Å². The standard InChI is InChI=1S/C14H20N4OS/c1-8-10(20-13(15)16-8)12-17-11(18-19-12)9-4-6-14(2,3)7-5-9/h9H,4-7H2,1-3H3,(H2,15,16). The molecule has 0 unspecified atom stereocenters. The molecule has 6 heteroatoms. The molecule has 0 radical (unpaired) electrons. The Morgan fingerprint density at radius 2 is 1.95 bits per heavy atom. The Morgan fingerprint density at radius 3 is 2.55 bits per heavy atom. The third-order valence-electron chi connectivity index (χ3n) is 4.15. The largest absolute Gasteiger partial charge is 0.375 e. The lowest BCUT2D eigenvalue weighted by Crippen LogP contribution is -2.20. The van der Waals surface area contributed by atoms with E-state index in [9.17, 15) is 0 Å². The number of hydrogen-bond donors (Lipinski definition) is 1. The molecule has 0 spiro atoms. The summed E-state index contributed by atoms with van der Waals surface area (Å²) in [7, 11) is 0. The maximum absolute atomic E-state index is 5.71. The van der Waals surface area contributed by atoms with Gasteiger partial charge in [-0.1, -0.05) is 30.3 Å². The van der Waals surface area contributed by atoms with Gasteiger partial charge in [-0.05, 0) is 38.0 Å². The van der Waals surface area contributed by atoms with Gasteiger partial charge in [-0.3, -0.25) is 0 Å². The molecule has 0 saturated heterocycles. The summed E-state index contributed by atoms with van der Waals surface area (Å²) in [6.07, 6.45) is 4.70. The lowest BCUT2D eigenvalue weighted by atomic mass is 9.73. The van der Waals surface area contributed by atoms with E-state index < -0.39 is 0 Å². The van der Waals surface area contributed by atoms with Crippen molar-refractivity contribution in [2.45, 2.75) is 52.4 Å². The molecule has 0 bridgehead atoms.